The van der Waals surface area contributed by atoms with Crippen molar-refractivity contribution in [3.05, 3.63) is 53.9 Å². The van der Waals surface area contributed by atoms with Crippen LogP contribution < -0.4 is 0 Å². The van der Waals surface area contributed by atoms with Gasteiger partial charge in [-0.3, -0.25) is 14.4 Å². The molecular weight excluding hydrogens is 451 g/mol. The van der Waals surface area contributed by atoms with E-state index in [1.807, 2.05) is 28.9 Å². The number of benzene rings is 1. The molecule has 1 amide bonds. The summed E-state index contributed by atoms with van der Waals surface area (Å²) < 4.78 is 59.7. The summed E-state index contributed by atoms with van der Waals surface area (Å²) in [6, 6.07) is 12.1. The molecule has 1 atom stereocenters. The second-order valence-corrected chi connectivity index (χ2v) is 8.00. The number of rotatable bonds is 5. The van der Waals surface area contributed by atoms with Crippen molar-refractivity contribution in [2.24, 2.45) is 0 Å². The first-order valence-electron chi connectivity index (χ1n) is 10.2. The lowest BCUT2D eigenvalue weighted by Crippen LogP contribution is -2.58. The zero-order valence-corrected chi connectivity index (χ0v) is 17.5. The summed E-state index contributed by atoms with van der Waals surface area (Å²) in [6.07, 6.45) is -2.19. The summed E-state index contributed by atoms with van der Waals surface area (Å²) in [6.45, 7) is 1.48. The Hall–Kier alpha value is -3.02. The minimum atomic E-state index is -5.08. The topological polar surface area (TPSA) is 78.7 Å². The molecule has 2 aliphatic heterocycles. The van der Waals surface area contributed by atoms with Gasteiger partial charge < -0.3 is 10.0 Å². The number of alkyl halides is 5. The van der Waals surface area contributed by atoms with Crippen LogP contribution in [0, 0.1) is 0 Å². The number of aliphatic carboxylic acids is 1. The predicted molar refractivity (Wildman–Crippen MR) is 107 cm³/mol. The van der Waals surface area contributed by atoms with Crippen LogP contribution in [0.5, 0.6) is 0 Å². The normalized spacial score (nSPS) is 19.7. The molecule has 1 aromatic carbocycles. The molecule has 0 bridgehead atoms. The van der Waals surface area contributed by atoms with Gasteiger partial charge in [0.1, 0.15) is 0 Å². The monoisotopic (exact) mass is 474 g/mol. The Morgan fingerprint density at radius 2 is 1.76 bits per heavy atom. The number of nitrogens with zero attached hydrogens (tertiary/aromatic N) is 4. The van der Waals surface area contributed by atoms with E-state index < -0.39 is 31.2 Å². The molecule has 0 saturated carbocycles. The van der Waals surface area contributed by atoms with Crippen LogP contribution in [0.15, 0.2) is 42.6 Å². The number of fused-ring (bicyclic) bond motifs is 1. The van der Waals surface area contributed by atoms with Crippen molar-refractivity contribution in [3.63, 3.8) is 0 Å². The Kier molecular flexibility index (Phi) is 7.35. The molecule has 1 saturated heterocycles. The third-order valence-corrected chi connectivity index (χ3v) is 5.36. The Balaban J connectivity index is 0.000000383. The molecule has 1 fully saturated rings. The summed E-state index contributed by atoms with van der Waals surface area (Å²) in [5.41, 5.74) is 2.35. The Morgan fingerprint density at radius 3 is 2.33 bits per heavy atom. The lowest BCUT2D eigenvalue weighted by molar-refractivity contribution is -0.192. The van der Waals surface area contributed by atoms with Crippen LogP contribution in [0.25, 0.3) is 0 Å². The zero-order valence-electron chi connectivity index (χ0n) is 17.5. The largest absolute Gasteiger partial charge is 0.490 e. The van der Waals surface area contributed by atoms with E-state index in [-0.39, 0.29) is 18.4 Å². The first-order valence-corrected chi connectivity index (χ1v) is 10.2. The first kappa shape index (κ1) is 24.6. The molecule has 12 heteroatoms. The van der Waals surface area contributed by atoms with Gasteiger partial charge in [0.05, 0.1) is 31.2 Å². The Morgan fingerprint density at radius 1 is 1.12 bits per heavy atom. The number of hydrogen-bond acceptors (Lipinski definition) is 4. The van der Waals surface area contributed by atoms with Crippen molar-refractivity contribution in [1.82, 2.24) is 19.6 Å². The van der Waals surface area contributed by atoms with Crippen molar-refractivity contribution >= 4 is 11.9 Å². The molecule has 180 valence electrons. The van der Waals surface area contributed by atoms with Crippen LogP contribution in [0.2, 0.25) is 0 Å². The minimum Gasteiger partial charge on any atom is -0.475 e. The third kappa shape index (κ3) is 6.73. The highest BCUT2D eigenvalue weighted by Crippen LogP contribution is 2.30. The van der Waals surface area contributed by atoms with E-state index in [1.54, 1.807) is 6.20 Å². The molecule has 1 unspecified atom stereocenters. The molecule has 1 N–H and O–H groups in total. The lowest BCUT2D eigenvalue weighted by atomic mass is 10.1. The summed E-state index contributed by atoms with van der Waals surface area (Å²) in [5, 5.41) is 11.5. The highest BCUT2D eigenvalue weighted by Gasteiger charge is 2.46. The Bertz CT molecular complexity index is 956. The minimum absolute atomic E-state index is 0.105. The number of aromatic nitrogens is 2. The molecule has 1 aromatic heterocycles. The van der Waals surface area contributed by atoms with Gasteiger partial charge in [-0.25, -0.2) is 13.6 Å². The van der Waals surface area contributed by atoms with E-state index in [1.165, 1.54) is 10.5 Å². The van der Waals surface area contributed by atoms with E-state index >= 15 is 0 Å². The van der Waals surface area contributed by atoms with E-state index in [0.717, 1.165) is 25.2 Å². The molecule has 2 aliphatic rings. The fraction of sp³-hybridized carbons (Fsp3) is 0.476. The van der Waals surface area contributed by atoms with Crippen molar-refractivity contribution in [1.29, 1.82) is 0 Å². The summed E-state index contributed by atoms with van der Waals surface area (Å²) >= 11 is 0. The number of carbonyl (C=O) groups excluding carboxylic acids is 1. The SMILES string of the molecule is O=C(CC1CN(CCc2ccccc2)Cc2ccnn21)N1CC(F)(F)C1.O=C(O)C(F)(F)F. The van der Waals surface area contributed by atoms with Crippen LogP contribution in [0.1, 0.15) is 23.7 Å². The van der Waals surface area contributed by atoms with Gasteiger partial charge in [0.15, 0.2) is 0 Å². The highest BCUT2D eigenvalue weighted by molar-refractivity contribution is 5.77. The quantitative estimate of drug-likeness (QED) is 0.675. The van der Waals surface area contributed by atoms with E-state index in [2.05, 4.69) is 22.1 Å². The second-order valence-electron chi connectivity index (χ2n) is 8.00. The number of carbonyl (C=O) groups is 2. The van der Waals surface area contributed by atoms with E-state index in [0.29, 0.717) is 6.54 Å². The number of likely N-dealkylation sites (tertiary alicyclic amines) is 1. The van der Waals surface area contributed by atoms with Gasteiger partial charge in [0, 0.05) is 25.8 Å². The lowest BCUT2D eigenvalue weighted by Gasteiger charge is -2.40. The molecule has 7 nitrogen and oxygen atoms in total. The van der Waals surface area contributed by atoms with Crippen molar-refractivity contribution in [2.75, 3.05) is 26.2 Å². The molecule has 33 heavy (non-hydrogen) atoms. The first-order chi connectivity index (χ1) is 15.4. The van der Waals surface area contributed by atoms with Crippen molar-refractivity contribution in [2.45, 2.75) is 37.5 Å². The highest BCUT2D eigenvalue weighted by atomic mass is 19.4. The summed E-state index contributed by atoms with van der Waals surface area (Å²) in [4.78, 5) is 24.8. The standard InChI is InChI=1S/C19H22F2N4O.C2HF3O2/c20-19(21)13-24(14-19)18(26)10-17-12-23(11-16-6-8-22-25(16)17)9-7-15-4-2-1-3-5-15;3-2(4,5)1(6)7/h1-6,8,17H,7,9-14H2;(H,6,7). The molecule has 0 radical (unpaired) electrons. The maximum absolute atomic E-state index is 13.0. The van der Waals surface area contributed by atoms with Gasteiger partial charge in [0.25, 0.3) is 5.92 Å². The van der Waals surface area contributed by atoms with Crippen LogP contribution in [-0.4, -0.2) is 74.8 Å². The van der Waals surface area contributed by atoms with E-state index in [4.69, 9.17) is 9.90 Å². The van der Waals surface area contributed by atoms with Gasteiger partial charge in [-0.1, -0.05) is 30.3 Å². The number of hydrogen-bond donors (Lipinski definition) is 1. The molecular formula is C21H23F5N4O3. The number of carboxylic acids is 1. The van der Waals surface area contributed by atoms with E-state index in [9.17, 15) is 26.7 Å². The van der Waals surface area contributed by atoms with Gasteiger partial charge in [-0.05, 0) is 18.1 Å². The fourth-order valence-corrected chi connectivity index (χ4v) is 3.74. The van der Waals surface area contributed by atoms with Gasteiger partial charge in [-0.2, -0.15) is 18.3 Å². The van der Waals surface area contributed by atoms with Gasteiger partial charge in [0.2, 0.25) is 5.91 Å². The van der Waals surface area contributed by atoms with Crippen molar-refractivity contribution in [3.8, 4) is 0 Å². The fourth-order valence-electron chi connectivity index (χ4n) is 3.74. The smallest absolute Gasteiger partial charge is 0.475 e. The zero-order chi connectivity index (χ0) is 24.2. The summed E-state index contributed by atoms with van der Waals surface area (Å²) in [7, 11) is 0. The number of carboxylic acid groups (broad SMARTS) is 1. The van der Waals surface area contributed by atoms with Crippen LogP contribution in [0.4, 0.5) is 22.0 Å². The Labute approximate surface area is 186 Å². The molecule has 2 aromatic rings. The maximum atomic E-state index is 13.0. The number of halogens is 5. The predicted octanol–water partition coefficient (Wildman–Crippen LogP) is 2.98. The van der Waals surface area contributed by atoms with Gasteiger partial charge >= 0.3 is 12.1 Å². The molecule has 0 aliphatic carbocycles. The third-order valence-electron chi connectivity index (χ3n) is 5.36. The number of amides is 1. The average Bonchev–Trinajstić information content (AvgIpc) is 3.20. The van der Waals surface area contributed by atoms with Crippen LogP contribution >= 0.6 is 0 Å². The van der Waals surface area contributed by atoms with Crippen molar-refractivity contribution < 1.29 is 36.6 Å². The molecule has 0 spiro atoms. The van der Waals surface area contributed by atoms with Crippen LogP contribution in [0.3, 0.4) is 0 Å². The average molecular weight is 474 g/mol. The second kappa shape index (κ2) is 9.86. The molecule has 3 heterocycles. The van der Waals surface area contributed by atoms with Crippen LogP contribution in [-0.2, 0) is 22.6 Å². The molecule has 4 rings (SSSR count). The summed E-state index contributed by atoms with van der Waals surface area (Å²) in [5.74, 6) is -5.69. The maximum Gasteiger partial charge on any atom is 0.490 e. The van der Waals surface area contributed by atoms with Gasteiger partial charge in [-0.15, -0.1) is 0 Å².